The van der Waals surface area contributed by atoms with Gasteiger partial charge >= 0.3 is 7.12 Å². The summed E-state index contributed by atoms with van der Waals surface area (Å²) in [5.74, 6) is 0.270. The molecular weight excluding hydrogens is 191 g/mol. The fraction of sp³-hybridized carbons (Fsp3) is 0.273. The van der Waals surface area contributed by atoms with Gasteiger partial charge in [0.2, 0.25) is 0 Å². The minimum atomic E-state index is -1.65. The molecular formula is C11H15BO3. The zero-order valence-corrected chi connectivity index (χ0v) is 8.88. The molecule has 1 aromatic rings. The van der Waals surface area contributed by atoms with Gasteiger partial charge in [-0.15, -0.1) is 0 Å². The van der Waals surface area contributed by atoms with E-state index in [-0.39, 0.29) is 11.2 Å². The minimum Gasteiger partial charge on any atom is -0.508 e. The zero-order valence-electron chi connectivity index (χ0n) is 8.88. The fourth-order valence-corrected chi connectivity index (χ4v) is 1.29. The van der Waals surface area contributed by atoms with Gasteiger partial charge < -0.3 is 15.2 Å². The second-order valence-corrected chi connectivity index (χ2v) is 3.76. The van der Waals surface area contributed by atoms with E-state index in [1.807, 2.05) is 19.9 Å². The largest absolute Gasteiger partial charge is 0.508 e. The van der Waals surface area contributed by atoms with Crippen LogP contribution in [-0.2, 0) is 0 Å². The Morgan fingerprint density at radius 3 is 2.47 bits per heavy atom. The van der Waals surface area contributed by atoms with Crippen LogP contribution in [0.5, 0.6) is 5.75 Å². The van der Waals surface area contributed by atoms with Gasteiger partial charge in [0, 0.05) is 5.46 Å². The molecule has 0 saturated carbocycles. The van der Waals surface area contributed by atoms with Crippen LogP contribution in [0.4, 0.5) is 0 Å². The van der Waals surface area contributed by atoms with Crippen molar-refractivity contribution in [1.29, 1.82) is 0 Å². The Morgan fingerprint density at radius 1 is 1.27 bits per heavy atom. The molecule has 15 heavy (non-hydrogen) atoms. The Bertz CT molecular complexity index is 359. The number of allylic oxidation sites excluding steroid dienone is 1. The van der Waals surface area contributed by atoms with Crippen LogP contribution < -0.4 is 5.46 Å². The Kier molecular flexibility index (Phi) is 3.94. The lowest BCUT2D eigenvalue weighted by Crippen LogP contribution is -2.32. The van der Waals surface area contributed by atoms with Crippen LogP contribution in [0.15, 0.2) is 24.3 Å². The van der Waals surface area contributed by atoms with Crippen LogP contribution in [0.25, 0.3) is 6.08 Å². The van der Waals surface area contributed by atoms with Crippen molar-refractivity contribution in [1.82, 2.24) is 0 Å². The van der Waals surface area contributed by atoms with Crippen molar-refractivity contribution in [3.8, 4) is 5.75 Å². The smallest absolute Gasteiger partial charge is 0.492 e. The third kappa shape index (κ3) is 3.11. The van der Waals surface area contributed by atoms with Crippen molar-refractivity contribution in [3.63, 3.8) is 0 Å². The van der Waals surface area contributed by atoms with Gasteiger partial charge in [-0.1, -0.05) is 38.1 Å². The monoisotopic (exact) mass is 206 g/mol. The second-order valence-electron chi connectivity index (χ2n) is 3.76. The highest BCUT2D eigenvalue weighted by atomic mass is 16.4. The van der Waals surface area contributed by atoms with Crippen molar-refractivity contribution in [2.45, 2.75) is 13.8 Å². The van der Waals surface area contributed by atoms with Crippen molar-refractivity contribution >= 4 is 18.7 Å². The first-order chi connectivity index (χ1) is 7.02. The maximum absolute atomic E-state index is 9.47. The SMILES string of the molecule is CC(C)/C=C/c1cccc(O)c1B(O)O. The van der Waals surface area contributed by atoms with E-state index in [2.05, 4.69) is 0 Å². The van der Waals surface area contributed by atoms with Crippen molar-refractivity contribution in [2.24, 2.45) is 5.92 Å². The molecule has 0 unspecified atom stereocenters. The molecule has 1 rings (SSSR count). The minimum absolute atomic E-state index is 0.101. The Labute approximate surface area is 89.8 Å². The third-order valence-corrected chi connectivity index (χ3v) is 2.04. The number of hydrogen-bond donors (Lipinski definition) is 3. The Balaban J connectivity index is 3.12. The molecule has 0 fully saturated rings. The van der Waals surface area contributed by atoms with Crippen LogP contribution >= 0.6 is 0 Å². The summed E-state index contributed by atoms with van der Waals surface area (Å²) in [5, 5.41) is 27.7. The number of phenols is 1. The quantitative estimate of drug-likeness (QED) is 0.639. The molecule has 0 radical (unpaired) electrons. The lowest BCUT2D eigenvalue weighted by atomic mass is 9.76. The second kappa shape index (κ2) is 5.00. The van der Waals surface area contributed by atoms with E-state index in [1.165, 1.54) is 6.07 Å². The van der Waals surface area contributed by atoms with E-state index in [1.54, 1.807) is 18.2 Å². The standard InChI is InChI=1S/C11H15BO3/c1-8(2)6-7-9-4-3-5-10(13)11(9)12(14)15/h3-8,13-15H,1-2H3/b7-6+. The fourth-order valence-electron chi connectivity index (χ4n) is 1.29. The maximum Gasteiger partial charge on any atom is 0.492 e. The summed E-state index contributed by atoms with van der Waals surface area (Å²) in [6, 6.07) is 4.83. The first-order valence-corrected chi connectivity index (χ1v) is 4.88. The molecule has 0 aliphatic rings. The molecule has 0 aliphatic heterocycles. The predicted octanol–water partition coefficient (Wildman–Crippen LogP) is 0.741. The van der Waals surface area contributed by atoms with Crippen LogP contribution in [-0.4, -0.2) is 22.3 Å². The highest BCUT2D eigenvalue weighted by Crippen LogP contribution is 2.11. The van der Waals surface area contributed by atoms with Gasteiger partial charge in [-0.25, -0.2) is 0 Å². The van der Waals surface area contributed by atoms with Gasteiger partial charge in [0.1, 0.15) is 5.75 Å². The summed E-state index contributed by atoms with van der Waals surface area (Å²) >= 11 is 0. The molecule has 1 aromatic carbocycles. The number of hydrogen-bond acceptors (Lipinski definition) is 3. The Hall–Kier alpha value is -1.26. The maximum atomic E-state index is 9.47. The van der Waals surface area contributed by atoms with Gasteiger partial charge in [-0.2, -0.15) is 0 Å². The van der Waals surface area contributed by atoms with E-state index in [0.717, 1.165) is 0 Å². The van der Waals surface area contributed by atoms with E-state index in [0.29, 0.717) is 11.5 Å². The van der Waals surface area contributed by atoms with Crippen LogP contribution in [0, 0.1) is 5.92 Å². The van der Waals surface area contributed by atoms with Crippen LogP contribution in [0.2, 0.25) is 0 Å². The highest BCUT2D eigenvalue weighted by molar-refractivity contribution is 6.60. The van der Waals surface area contributed by atoms with E-state index >= 15 is 0 Å². The molecule has 3 N–H and O–H groups in total. The summed E-state index contributed by atoms with van der Waals surface area (Å²) in [6.07, 6.45) is 3.71. The number of aromatic hydroxyl groups is 1. The molecule has 80 valence electrons. The lowest BCUT2D eigenvalue weighted by molar-refractivity contribution is 0.419. The van der Waals surface area contributed by atoms with Gasteiger partial charge in [-0.05, 0) is 17.5 Å². The average Bonchev–Trinajstić information content (AvgIpc) is 2.13. The summed E-state index contributed by atoms with van der Waals surface area (Å²) in [4.78, 5) is 0. The first kappa shape index (κ1) is 11.8. The van der Waals surface area contributed by atoms with E-state index in [9.17, 15) is 5.11 Å². The van der Waals surface area contributed by atoms with Crippen molar-refractivity contribution in [2.75, 3.05) is 0 Å². The van der Waals surface area contributed by atoms with Gasteiger partial charge in [0.25, 0.3) is 0 Å². The predicted molar refractivity (Wildman–Crippen MR) is 61.8 cm³/mol. The summed E-state index contributed by atoms with van der Waals surface area (Å²) in [6.45, 7) is 4.04. The normalized spacial score (nSPS) is 11.3. The number of rotatable bonds is 3. The topological polar surface area (TPSA) is 60.7 Å². The van der Waals surface area contributed by atoms with Crippen LogP contribution in [0.3, 0.4) is 0 Å². The van der Waals surface area contributed by atoms with Gasteiger partial charge in [0.05, 0.1) is 0 Å². The molecule has 0 amide bonds. The van der Waals surface area contributed by atoms with Gasteiger partial charge in [0.15, 0.2) is 0 Å². The molecule has 3 nitrogen and oxygen atoms in total. The van der Waals surface area contributed by atoms with Crippen molar-refractivity contribution in [3.05, 3.63) is 29.8 Å². The molecule has 0 heterocycles. The first-order valence-electron chi connectivity index (χ1n) is 4.88. The molecule has 0 atom stereocenters. The molecule has 0 bridgehead atoms. The Morgan fingerprint density at radius 2 is 1.93 bits per heavy atom. The lowest BCUT2D eigenvalue weighted by Gasteiger charge is -2.07. The van der Waals surface area contributed by atoms with Crippen LogP contribution in [0.1, 0.15) is 19.4 Å². The summed E-state index contributed by atoms with van der Waals surface area (Å²) < 4.78 is 0. The number of phenolic OH excluding ortho intramolecular Hbond substituents is 1. The zero-order chi connectivity index (χ0) is 11.4. The average molecular weight is 206 g/mol. The third-order valence-electron chi connectivity index (χ3n) is 2.04. The molecule has 0 spiro atoms. The van der Waals surface area contributed by atoms with E-state index in [4.69, 9.17) is 10.0 Å². The highest BCUT2D eigenvalue weighted by Gasteiger charge is 2.18. The van der Waals surface area contributed by atoms with E-state index < -0.39 is 7.12 Å². The molecule has 4 heteroatoms. The van der Waals surface area contributed by atoms with Crippen molar-refractivity contribution < 1.29 is 15.2 Å². The molecule has 0 aliphatic carbocycles. The van der Waals surface area contributed by atoms with Gasteiger partial charge in [-0.3, -0.25) is 0 Å². The molecule has 0 aromatic heterocycles. The summed E-state index contributed by atoms with van der Waals surface area (Å²) in [7, 11) is -1.65. The number of benzene rings is 1. The summed E-state index contributed by atoms with van der Waals surface area (Å²) in [5.41, 5.74) is 0.771. The molecule has 0 saturated heterocycles.